The Morgan fingerprint density at radius 2 is 1.80 bits per heavy atom. The van der Waals surface area contributed by atoms with Gasteiger partial charge >= 0.3 is 12.1 Å². The lowest BCUT2D eigenvalue weighted by atomic mass is 10.1. The van der Waals surface area contributed by atoms with E-state index in [2.05, 4.69) is 10.3 Å². The number of aryl methyl sites for hydroxylation is 1. The Bertz CT molecular complexity index is 946. The van der Waals surface area contributed by atoms with E-state index in [1.54, 1.807) is 24.3 Å². The second-order valence-corrected chi connectivity index (χ2v) is 6.87. The zero-order chi connectivity index (χ0) is 22.5. The van der Waals surface area contributed by atoms with Crippen LogP contribution in [0, 0.1) is 6.92 Å². The van der Waals surface area contributed by atoms with Crippen molar-refractivity contribution in [1.82, 2.24) is 4.98 Å². The summed E-state index contributed by atoms with van der Waals surface area (Å²) >= 11 is 5.72. The second kappa shape index (κ2) is 9.71. The largest absolute Gasteiger partial charge is 0.453 e. The summed E-state index contributed by atoms with van der Waals surface area (Å²) in [4.78, 5) is 39.5. The number of Topliss-reactive ketones (excluding diaryl/α,β-unsaturated/α-hetero) is 1. The minimum atomic E-state index is -4.63. The van der Waals surface area contributed by atoms with Crippen LogP contribution < -0.4 is 5.32 Å². The van der Waals surface area contributed by atoms with Crippen molar-refractivity contribution in [3.05, 3.63) is 58.2 Å². The monoisotopic (exact) mass is 442 g/mol. The highest BCUT2D eigenvalue weighted by Crippen LogP contribution is 2.32. The lowest BCUT2D eigenvalue weighted by Crippen LogP contribution is -2.30. The molecule has 0 saturated heterocycles. The highest BCUT2D eigenvalue weighted by molar-refractivity contribution is 6.33. The van der Waals surface area contributed by atoms with Gasteiger partial charge in [-0.2, -0.15) is 13.2 Å². The first-order chi connectivity index (χ1) is 14.0. The maximum absolute atomic E-state index is 12.6. The summed E-state index contributed by atoms with van der Waals surface area (Å²) in [5.41, 5.74) is 0.388. The zero-order valence-corrected chi connectivity index (χ0v) is 16.8. The van der Waals surface area contributed by atoms with Crippen molar-refractivity contribution < 1.29 is 32.3 Å². The molecular formula is C20H18ClF3N2O4. The molecule has 0 aliphatic rings. The number of carbonyl (C=O) groups excluding carboxylic acids is 3. The van der Waals surface area contributed by atoms with Crippen molar-refractivity contribution in [2.45, 2.75) is 39.0 Å². The van der Waals surface area contributed by atoms with Crippen LogP contribution >= 0.6 is 11.6 Å². The molecule has 1 amide bonds. The molecule has 0 radical (unpaired) electrons. The molecule has 1 aromatic carbocycles. The number of carbonyl (C=O) groups is 3. The average molecular weight is 443 g/mol. The highest BCUT2D eigenvalue weighted by atomic mass is 35.5. The molecule has 1 atom stereocenters. The number of ether oxygens (including phenoxy) is 1. The smallest absolute Gasteiger partial charge is 0.417 e. The molecule has 1 unspecified atom stereocenters. The van der Waals surface area contributed by atoms with Gasteiger partial charge in [-0.25, -0.2) is 4.98 Å². The van der Waals surface area contributed by atoms with Gasteiger partial charge in [0.15, 0.2) is 17.7 Å². The third kappa shape index (κ3) is 6.55. The number of hydrogen-bond acceptors (Lipinski definition) is 5. The van der Waals surface area contributed by atoms with Crippen LogP contribution in [0.1, 0.15) is 41.3 Å². The first kappa shape index (κ1) is 23.3. The summed E-state index contributed by atoms with van der Waals surface area (Å²) in [6, 6.07) is 7.48. The van der Waals surface area contributed by atoms with Crippen molar-refractivity contribution in [2.75, 3.05) is 5.32 Å². The predicted molar refractivity (Wildman–Crippen MR) is 103 cm³/mol. The van der Waals surface area contributed by atoms with E-state index in [1.165, 1.54) is 6.92 Å². The van der Waals surface area contributed by atoms with E-state index in [1.807, 2.05) is 6.92 Å². The first-order valence-electron chi connectivity index (χ1n) is 8.80. The lowest BCUT2D eigenvalue weighted by Gasteiger charge is -2.14. The third-order valence-corrected chi connectivity index (χ3v) is 4.31. The standard InChI is InChI=1S/C20H18ClF3N2O4/c1-11-3-5-13(6-4-11)16(27)7-8-17(28)30-12(2)19(29)26-18-15(21)9-14(10-25-18)20(22,23)24/h3-6,9-10,12H,7-8H2,1-2H3,(H,25,26,29). The Labute approximate surface area is 175 Å². The minimum Gasteiger partial charge on any atom is -0.453 e. The molecule has 160 valence electrons. The molecule has 1 heterocycles. The first-order valence-corrected chi connectivity index (χ1v) is 9.18. The van der Waals surface area contributed by atoms with Gasteiger partial charge in [0, 0.05) is 18.2 Å². The van der Waals surface area contributed by atoms with Gasteiger partial charge in [-0.05, 0) is 19.9 Å². The number of aromatic nitrogens is 1. The number of nitrogens with one attached hydrogen (secondary N) is 1. The molecule has 2 aromatic rings. The number of ketones is 1. The van der Waals surface area contributed by atoms with Crippen molar-refractivity contribution in [3.63, 3.8) is 0 Å². The van der Waals surface area contributed by atoms with Crippen molar-refractivity contribution in [2.24, 2.45) is 0 Å². The number of hydrogen-bond donors (Lipinski definition) is 1. The number of halogens is 4. The lowest BCUT2D eigenvalue weighted by molar-refractivity contribution is -0.153. The summed E-state index contributed by atoms with van der Waals surface area (Å²) in [6.45, 7) is 3.15. The molecule has 0 aliphatic carbocycles. The van der Waals surface area contributed by atoms with E-state index in [0.717, 1.165) is 5.56 Å². The van der Waals surface area contributed by atoms with Crippen LogP contribution in [0.3, 0.4) is 0 Å². The summed E-state index contributed by atoms with van der Waals surface area (Å²) in [5.74, 6) is -2.15. The molecule has 1 N–H and O–H groups in total. The fourth-order valence-electron chi connectivity index (χ4n) is 2.31. The molecule has 2 rings (SSSR count). The van der Waals surface area contributed by atoms with Crippen LogP contribution in [-0.4, -0.2) is 28.7 Å². The molecule has 0 fully saturated rings. The van der Waals surface area contributed by atoms with Gasteiger partial charge in [0.25, 0.3) is 5.91 Å². The number of esters is 1. The number of rotatable bonds is 7. The number of alkyl halides is 3. The number of pyridine rings is 1. The van der Waals surface area contributed by atoms with Gasteiger partial charge in [0.05, 0.1) is 17.0 Å². The average Bonchev–Trinajstić information content (AvgIpc) is 2.67. The maximum atomic E-state index is 12.6. The van der Waals surface area contributed by atoms with Crippen LogP contribution in [0.2, 0.25) is 5.02 Å². The SMILES string of the molecule is Cc1ccc(C(=O)CCC(=O)OC(C)C(=O)Nc2ncc(C(F)(F)F)cc2Cl)cc1. The van der Waals surface area contributed by atoms with Gasteiger partial charge in [-0.15, -0.1) is 0 Å². The molecule has 30 heavy (non-hydrogen) atoms. The van der Waals surface area contributed by atoms with E-state index >= 15 is 0 Å². The Morgan fingerprint density at radius 1 is 1.17 bits per heavy atom. The Hall–Kier alpha value is -2.94. The van der Waals surface area contributed by atoms with E-state index in [4.69, 9.17) is 16.3 Å². The number of benzene rings is 1. The zero-order valence-electron chi connectivity index (χ0n) is 16.0. The van der Waals surface area contributed by atoms with Crippen LogP contribution in [0.15, 0.2) is 36.5 Å². The van der Waals surface area contributed by atoms with Crippen LogP contribution in [-0.2, 0) is 20.5 Å². The normalized spacial score (nSPS) is 12.2. The molecular weight excluding hydrogens is 425 g/mol. The summed E-state index contributed by atoms with van der Waals surface area (Å²) in [5, 5.41) is 1.78. The van der Waals surface area contributed by atoms with Crippen molar-refractivity contribution in [3.8, 4) is 0 Å². The number of anilines is 1. The Kier molecular flexibility index (Phi) is 7.55. The van der Waals surface area contributed by atoms with E-state index < -0.39 is 34.7 Å². The van der Waals surface area contributed by atoms with Crippen molar-refractivity contribution >= 4 is 35.1 Å². The van der Waals surface area contributed by atoms with Gasteiger partial charge in [-0.3, -0.25) is 14.4 Å². The van der Waals surface area contributed by atoms with Gasteiger partial charge in [0.1, 0.15) is 0 Å². The second-order valence-electron chi connectivity index (χ2n) is 6.46. The molecule has 0 bridgehead atoms. The third-order valence-electron chi connectivity index (χ3n) is 4.02. The quantitative estimate of drug-likeness (QED) is 0.500. The van der Waals surface area contributed by atoms with Crippen LogP contribution in [0.25, 0.3) is 0 Å². The molecule has 6 nitrogen and oxygen atoms in total. The van der Waals surface area contributed by atoms with Crippen LogP contribution in [0.5, 0.6) is 0 Å². The van der Waals surface area contributed by atoms with E-state index in [9.17, 15) is 27.6 Å². The van der Waals surface area contributed by atoms with Gasteiger partial charge in [0.2, 0.25) is 0 Å². The summed E-state index contributed by atoms with van der Waals surface area (Å²) < 4.78 is 42.8. The predicted octanol–water partition coefficient (Wildman–Crippen LogP) is 4.60. The summed E-state index contributed by atoms with van der Waals surface area (Å²) in [6.07, 6.45) is -5.70. The topological polar surface area (TPSA) is 85.4 Å². The fourth-order valence-corrected chi connectivity index (χ4v) is 2.53. The fraction of sp³-hybridized carbons (Fsp3) is 0.300. The number of amides is 1. The molecule has 1 aromatic heterocycles. The van der Waals surface area contributed by atoms with Gasteiger partial charge < -0.3 is 10.1 Å². The summed E-state index contributed by atoms with van der Waals surface area (Å²) in [7, 11) is 0. The molecule has 10 heteroatoms. The maximum Gasteiger partial charge on any atom is 0.417 e. The van der Waals surface area contributed by atoms with E-state index in [0.29, 0.717) is 17.8 Å². The van der Waals surface area contributed by atoms with Crippen molar-refractivity contribution in [1.29, 1.82) is 0 Å². The molecule has 0 spiro atoms. The van der Waals surface area contributed by atoms with E-state index in [-0.39, 0.29) is 24.4 Å². The van der Waals surface area contributed by atoms with Gasteiger partial charge in [-0.1, -0.05) is 41.4 Å². The Balaban J connectivity index is 1.87. The number of nitrogens with zero attached hydrogens (tertiary/aromatic N) is 1. The molecule has 0 saturated carbocycles. The van der Waals surface area contributed by atoms with Crippen LogP contribution in [0.4, 0.5) is 19.0 Å². The highest BCUT2D eigenvalue weighted by Gasteiger charge is 2.32. The minimum absolute atomic E-state index is 0.0947. The Morgan fingerprint density at radius 3 is 2.37 bits per heavy atom. The molecule has 0 aliphatic heterocycles.